The van der Waals surface area contributed by atoms with Crippen LogP contribution in [-0.2, 0) is 0 Å². The summed E-state index contributed by atoms with van der Waals surface area (Å²) in [7, 11) is 0. The van der Waals surface area contributed by atoms with E-state index in [0.29, 0.717) is 17.8 Å². The third-order valence-corrected chi connectivity index (χ3v) is 4.41. The topological polar surface area (TPSA) is 75.3 Å². The van der Waals surface area contributed by atoms with Crippen LogP contribution >= 0.6 is 0 Å². The van der Waals surface area contributed by atoms with Gasteiger partial charge in [-0.15, -0.1) is 0 Å². The Bertz CT molecular complexity index is 479. The predicted octanol–water partition coefficient (Wildman–Crippen LogP) is 2.25. The minimum Gasteiger partial charge on any atom is -0.398 e. The van der Waals surface area contributed by atoms with Gasteiger partial charge in [0, 0.05) is 23.2 Å². The largest absolute Gasteiger partial charge is 0.398 e. The molecule has 0 aliphatic heterocycles. The van der Waals surface area contributed by atoms with Crippen LogP contribution in [0.15, 0.2) is 18.2 Å². The summed E-state index contributed by atoms with van der Waals surface area (Å²) < 4.78 is 0. The maximum atomic E-state index is 12.2. The Labute approximate surface area is 120 Å². The number of carbonyl (C=O) groups is 1. The lowest BCUT2D eigenvalue weighted by molar-refractivity contribution is 0.0718. The van der Waals surface area contributed by atoms with Gasteiger partial charge >= 0.3 is 0 Å². The van der Waals surface area contributed by atoms with E-state index in [2.05, 4.69) is 5.32 Å². The molecule has 1 amide bonds. The molecule has 0 spiro atoms. The third-order valence-electron chi connectivity index (χ3n) is 4.41. The molecule has 1 aliphatic rings. The Kier molecular flexibility index (Phi) is 4.65. The van der Waals surface area contributed by atoms with Crippen molar-refractivity contribution in [2.24, 2.45) is 5.41 Å². The number of nitrogen functional groups attached to an aromatic ring is 1. The molecule has 1 aromatic rings. The average Bonchev–Trinajstić information content (AvgIpc) is 2.48. The number of aliphatic hydroxyl groups is 1. The summed E-state index contributed by atoms with van der Waals surface area (Å²) >= 11 is 0. The number of rotatable bonds is 4. The van der Waals surface area contributed by atoms with Crippen molar-refractivity contribution in [1.29, 1.82) is 0 Å². The van der Waals surface area contributed by atoms with Crippen LogP contribution in [-0.4, -0.2) is 24.2 Å². The molecule has 110 valence electrons. The molecule has 1 aromatic carbocycles. The first-order valence-corrected chi connectivity index (χ1v) is 7.31. The van der Waals surface area contributed by atoms with Crippen molar-refractivity contribution in [1.82, 2.24) is 5.32 Å². The number of benzene rings is 1. The minimum absolute atomic E-state index is 0.116. The zero-order valence-corrected chi connectivity index (χ0v) is 12.1. The van der Waals surface area contributed by atoms with Crippen molar-refractivity contribution in [2.45, 2.75) is 39.0 Å². The van der Waals surface area contributed by atoms with Gasteiger partial charge in [-0.2, -0.15) is 0 Å². The van der Waals surface area contributed by atoms with Gasteiger partial charge in [-0.3, -0.25) is 4.79 Å². The standard InChI is InChI=1S/C16H24N2O2/c1-12-5-6-13(9-14(12)17)15(20)18-10-16(11-19)7-3-2-4-8-16/h5-6,9,19H,2-4,7-8,10-11,17H2,1H3,(H,18,20). The van der Waals surface area contributed by atoms with E-state index in [1.54, 1.807) is 12.1 Å². The van der Waals surface area contributed by atoms with Crippen molar-refractivity contribution in [3.8, 4) is 0 Å². The van der Waals surface area contributed by atoms with Gasteiger partial charge in [0.2, 0.25) is 0 Å². The average molecular weight is 276 g/mol. The Balaban J connectivity index is 1.98. The summed E-state index contributed by atoms with van der Waals surface area (Å²) in [5.41, 5.74) is 7.88. The summed E-state index contributed by atoms with van der Waals surface area (Å²) in [6.45, 7) is 2.60. The van der Waals surface area contributed by atoms with Crippen molar-refractivity contribution >= 4 is 11.6 Å². The molecular weight excluding hydrogens is 252 g/mol. The molecule has 1 fully saturated rings. The summed E-state index contributed by atoms with van der Waals surface area (Å²) in [5, 5.41) is 12.6. The fourth-order valence-electron chi connectivity index (χ4n) is 2.84. The molecule has 4 nitrogen and oxygen atoms in total. The van der Waals surface area contributed by atoms with Gasteiger partial charge < -0.3 is 16.2 Å². The number of nitrogens with two attached hydrogens (primary N) is 1. The summed E-state index contributed by atoms with van der Waals surface area (Å²) in [6, 6.07) is 5.34. The normalized spacial score (nSPS) is 17.7. The van der Waals surface area contributed by atoms with Crippen molar-refractivity contribution < 1.29 is 9.90 Å². The monoisotopic (exact) mass is 276 g/mol. The highest BCUT2D eigenvalue weighted by molar-refractivity contribution is 5.95. The van der Waals surface area contributed by atoms with E-state index >= 15 is 0 Å². The summed E-state index contributed by atoms with van der Waals surface area (Å²) in [4.78, 5) is 12.2. The number of amides is 1. The summed E-state index contributed by atoms with van der Waals surface area (Å²) in [5.74, 6) is -0.116. The Morgan fingerprint density at radius 1 is 1.35 bits per heavy atom. The number of hydrogen-bond donors (Lipinski definition) is 3. The van der Waals surface area contributed by atoms with E-state index in [9.17, 15) is 9.90 Å². The highest BCUT2D eigenvalue weighted by atomic mass is 16.3. The van der Waals surface area contributed by atoms with Crippen molar-refractivity contribution in [3.63, 3.8) is 0 Å². The lowest BCUT2D eigenvalue weighted by Gasteiger charge is -2.35. The molecule has 2 rings (SSSR count). The van der Waals surface area contributed by atoms with E-state index in [1.807, 2.05) is 13.0 Å². The van der Waals surface area contributed by atoms with Crippen LogP contribution in [0.25, 0.3) is 0 Å². The van der Waals surface area contributed by atoms with E-state index in [0.717, 1.165) is 31.2 Å². The van der Waals surface area contributed by atoms with E-state index in [1.165, 1.54) is 6.42 Å². The van der Waals surface area contributed by atoms with Gasteiger partial charge in [0.15, 0.2) is 0 Å². The molecular formula is C16H24N2O2. The lowest BCUT2D eigenvalue weighted by atomic mass is 9.74. The quantitative estimate of drug-likeness (QED) is 0.738. The molecule has 0 saturated heterocycles. The molecule has 20 heavy (non-hydrogen) atoms. The van der Waals surface area contributed by atoms with E-state index in [4.69, 9.17) is 5.73 Å². The van der Waals surface area contributed by atoms with Gasteiger partial charge in [0.25, 0.3) is 5.91 Å². The van der Waals surface area contributed by atoms with Crippen molar-refractivity contribution in [2.75, 3.05) is 18.9 Å². The molecule has 4 heteroatoms. The molecule has 0 radical (unpaired) electrons. The minimum atomic E-state index is -0.135. The molecule has 0 heterocycles. The van der Waals surface area contributed by atoms with Gasteiger partial charge in [-0.25, -0.2) is 0 Å². The second kappa shape index (κ2) is 6.27. The van der Waals surface area contributed by atoms with Gasteiger partial charge in [-0.1, -0.05) is 25.3 Å². The first-order chi connectivity index (χ1) is 9.56. The number of anilines is 1. The molecule has 0 unspecified atom stereocenters. The maximum absolute atomic E-state index is 12.2. The molecule has 1 aliphatic carbocycles. The fraction of sp³-hybridized carbons (Fsp3) is 0.562. The Hall–Kier alpha value is -1.55. The molecule has 4 N–H and O–H groups in total. The van der Waals surface area contributed by atoms with Crippen LogP contribution in [0.4, 0.5) is 5.69 Å². The SMILES string of the molecule is Cc1ccc(C(=O)NCC2(CO)CCCCC2)cc1N. The van der Waals surface area contributed by atoms with Gasteiger partial charge in [-0.05, 0) is 37.5 Å². The Morgan fingerprint density at radius 3 is 2.65 bits per heavy atom. The van der Waals surface area contributed by atoms with Gasteiger partial charge in [0.05, 0.1) is 6.61 Å². The Morgan fingerprint density at radius 2 is 2.05 bits per heavy atom. The number of aliphatic hydroxyl groups excluding tert-OH is 1. The highest BCUT2D eigenvalue weighted by Crippen LogP contribution is 2.35. The van der Waals surface area contributed by atoms with E-state index < -0.39 is 0 Å². The second-order valence-corrected chi connectivity index (χ2v) is 5.97. The lowest BCUT2D eigenvalue weighted by Crippen LogP contribution is -2.41. The molecule has 1 saturated carbocycles. The van der Waals surface area contributed by atoms with Crippen molar-refractivity contribution in [3.05, 3.63) is 29.3 Å². The van der Waals surface area contributed by atoms with Crippen LogP contribution < -0.4 is 11.1 Å². The fourth-order valence-corrected chi connectivity index (χ4v) is 2.84. The van der Waals surface area contributed by atoms with Crippen LogP contribution in [0, 0.1) is 12.3 Å². The first kappa shape index (κ1) is 14.9. The zero-order chi connectivity index (χ0) is 14.6. The van der Waals surface area contributed by atoms with E-state index in [-0.39, 0.29) is 17.9 Å². The number of hydrogen-bond acceptors (Lipinski definition) is 3. The van der Waals surface area contributed by atoms with Crippen LogP contribution in [0.2, 0.25) is 0 Å². The molecule has 0 atom stereocenters. The van der Waals surface area contributed by atoms with Gasteiger partial charge in [0.1, 0.15) is 0 Å². The van der Waals surface area contributed by atoms with Crippen LogP contribution in [0.5, 0.6) is 0 Å². The van der Waals surface area contributed by atoms with Crippen LogP contribution in [0.1, 0.15) is 48.0 Å². The summed E-state index contributed by atoms with van der Waals surface area (Å²) in [6.07, 6.45) is 5.46. The number of carbonyl (C=O) groups excluding carboxylic acids is 1. The first-order valence-electron chi connectivity index (χ1n) is 7.31. The molecule has 0 aromatic heterocycles. The third kappa shape index (κ3) is 3.31. The second-order valence-electron chi connectivity index (χ2n) is 5.97. The number of aryl methyl sites for hydroxylation is 1. The number of nitrogens with one attached hydrogen (secondary N) is 1. The highest BCUT2D eigenvalue weighted by Gasteiger charge is 2.31. The smallest absolute Gasteiger partial charge is 0.251 e. The van der Waals surface area contributed by atoms with Crippen LogP contribution in [0.3, 0.4) is 0 Å². The maximum Gasteiger partial charge on any atom is 0.251 e. The molecule has 0 bridgehead atoms. The predicted molar refractivity (Wildman–Crippen MR) is 80.5 cm³/mol. The zero-order valence-electron chi connectivity index (χ0n) is 12.1.